The first-order valence-corrected chi connectivity index (χ1v) is 7.76. The molecular formula is C14H17N3O3S. The van der Waals surface area contributed by atoms with E-state index in [1.54, 1.807) is 38.4 Å². The van der Waals surface area contributed by atoms with Gasteiger partial charge in [-0.05, 0) is 42.8 Å². The lowest BCUT2D eigenvalue weighted by atomic mass is 10.2. The maximum Gasteiger partial charge on any atom is 0.265 e. The van der Waals surface area contributed by atoms with Crippen molar-refractivity contribution in [2.45, 2.75) is 11.8 Å². The van der Waals surface area contributed by atoms with Crippen molar-refractivity contribution in [2.75, 3.05) is 24.2 Å². The molecule has 0 aliphatic rings. The van der Waals surface area contributed by atoms with Gasteiger partial charge < -0.3 is 10.1 Å². The van der Waals surface area contributed by atoms with Crippen molar-refractivity contribution < 1.29 is 13.2 Å². The smallest absolute Gasteiger partial charge is 0.265 e. The van der Waals surface area contributed by atoms with Gasteiger partial charge in [0.05, 0.1) is 12.8 Å². The van der Waals surface area contributed by atoms with Gasteiger partial charge in [-0.25, -0.2) is 13.4 Å². The Kier molecular flexibility index (Phi) is 4.32. The first-order valence-electron chi connectivity index (χ1n) is 6.28. The van der Waals surface area contributed by atoms with Crippen LogP contribution in [0.4, 0.5) is 11.5 Å². The SMILES string of the molecule is CNc1ncccc1S(=O)(=O)Nc1ccc(OC)cc1C. The topological polar surface area (TPSA) is 80.3 Å². The second-order valence-electron chi connectivity index (χ2n) is 4.39. The van der Waals surface area contributed by atoms with Crippen LogP contribution in [-0.4, -0.2) is 27.6 Å². The Hall–Kier alpha value is -2.28. The molecule has 0 saturated heterocycles. The monoisotopic (exact) mass is 307 g/mol. The van der Waals surface area contributed by atoms with Gasteiger partial charge in [0.15, 0.2) is 0 Å². The summed E-state index contributed by atoms with van der Waals surface area (Å²) in [4.78, 5) is 4.10. The van der Waals surface area contributed by atoms with Gasteiger partial charge in [0.25, 0.3) is 10.0 Å². The Bertz CT molecular complexity index is 745. The fourth-order valence-electron chi connectivity index (χ4n) is 1.87. The molecule has 2 aromatic rings. The first kappa shape index (κ1) is 15.1. The van der Waals surface area contributed by atoms with E-state index in [0.29, 0.717) is 17.3 Å². The van der Waals surface area contributed by atoms with E-state index in [4.69, 9.17) is 4.74 Å². The van der Waals surface area contributed by atoms with Gasteiger partial charge in [0.1, 0.15) is 16.5 Å². The number of pyridine rings is 1. The third kappa shape index (κ3) is 3.25. The number of benzene rings is 1. The van der Waals surface area contributed by atoms with Crippen LogP contribution in [0.1, 0.15) is 5.56 Å². The van der Waals surface area contributed by atoms with Crippen molar-refractivity contribution in [1.29, 1.82) is 0 Å². The summed E-state index contributed by atoms with van der Waals surface area (Å²) >= 11 is 0. The van der Waals surface area contributed by atoms with Gasteiger partial charge in [0, 0.05) is 13.2 Å². The van der Waals surface area contributed by atoms with Gasteiger partial charge in [-0.1, -0.05) is 0 Å². The van der Waals surface area contributed by atoms with Crippen molar-refractivity contribution >= 4 is 21.5 Å². The van der Waals surface area contributed by atoms with E-state index >= 15 is 0 Å². The molecule has 2 N–H and O–H groups in total. The number of methoxy groups -OCH3 is 1. The van der Waals surface area contributed by atoms with Crippen LogP contribution in [0.25, 0.3) is 0 Å². The standard InChI is InChI=1S/C14H17N3O3S/c1-10-9-11(20-3)6-7-12(10)17-21(18,19)13-5-4-8-16-14(13)15-2/h4-9,17H,1-3H3,(H,15,16). The zero-order valence-electron chi connectivity index (χ0n) is 12.0. The molecule has 0 spiro atoms. The Labute approximate surface area is 124 Å². The van der Waals surface area contributed by atoms with Crippen LogP contribution in [-0.2, 0) is 10.0 Å². The highest BCUT2D eigenvalue weighted by molar-refractivity contribution is 7.92. The number of hydrogen-bond donors (Lipinski definition) is 2. The summed E-state index contributed by atoms with van der Waals surface area (Å²) in [7, 11) is -0.526. The molecular weight excluding hydrogens is 290 g/mol. The zero-order valence-corrected chi connectivity index (χ0v) is 12.9. The minimum atomic E-state index is -3.71. The number of ether oxygens (including phenoxy) is 1. The van der Waals surface area contributed by atoms with E-state index in [-0.39, 0.29) is 4.90 Å². The largest absolute Gasteiger partial charge is 0.497 e. The van der Waals surface area contributed by atoms with Crippen molar-refractivity contribution in [3.05, 3.63) is 42.1 Å². The fraction of sp³-hybridized carbons (Fsp3) is 0.214. The molecule has 1 aromatic carbocycles. The molecule has 0 bridgehead atoms. The second kappa shape index (κ2) is 6.01. The Morgan fingerprint density at radius 2 is 2.00 bits per heavy atom. The molecule has 0 unspecified atom stereocenters. The van der Waals surface area contributed by atoms with E-state index in [1.807, 2.05) is 6.92 Å². The highest BCUT2D eigenvalue weighted by Crippen LogP contribution is 2.25. The molecule has 1 heterocycles. The number of nitrogens with zero attached hydrogens (tertiary/aromatic N) is 1. The van der Waals surface area contributed by atoms with E-state index in [2.05, 4.69) is 15.0 Å². The van der Waals surface area contributed by atoms with Crippen molar-refractivity contribution in [3.8, 4) is 5.75 Å². The van der Waals surface area contributed by atoms with Gasteiger partial charge >= 0.3 is 0 Å². The third-order valence-corrected chi connectivity index (χ3v) is 4.37. The lowest BCUT2D eigenvalue weighted by molar-refractivity contribution is 0.414. The van der Waals surface area contributed by atoms with Gasteiger partial charge in [-0.15, -0.1) is 0 Å². The molecule has 6 nitrogen and oxygen atoms in total. The van der Waals surface area contributed by atoms with Crippen LogP contribution in [0.5, 0.6) is 5.75 Å². The molecule has 112 valence electrons. The fourth-order valence-corrected chi connectivity index (χ4v) is 3.17. The summed E-state index contributed by atoms with van der Waals surface area (Å²) in [5.74, 6) is 0.976. The van der Waals surface area contributed by atoms with Crippen LogP contribution in [0.3, 0.4) is 0 Å². The van der Waals surface area contributed by atoms with Crippen molar-refractivity contribution in [3.63, 3.8) is 0 Å². The van der Waals surface area contributed by atoms with E-state index in [1.165, 1.54) is 12.3 Å². The summed E-state index contributed by atoms with van der Waals surface area (Å²) in [6, 6.07) is 8.21. The van der Waals surface area contributed by atoms with Gasteiger partial charge in [-0.3, -0.25) is 4.72 Å². The molecule has 0 saturated carbocycles. The highest BCUT2D eigenvalue weighted by Gasteiger charge is 2.19. The van der Waals surface area contributed by atoms with Gasteiger partial charge in [-0.2, -0.15) is 0 Å². The van der Waals surface area contributed by atoms with Crippen LogP contribution < -0.4 is 14.8 Å². The second-order valence-corrected chi connectivity index (χ2v) is 6.04. The normalized spacial score (nSPS) is 11.0. The predicted octanol–water partition coefficient (Wildman–Crippen LogP) is 2.24. The van der Waals surface area contributed by atoms with E-state index in [9.17, 15) is 8.42 Å². The Morgan fingerprint density at radius 3 is 2.62 bits per heavy atom. The van der Waals surface area contributed by atoms with Gasteiger partial charge in [0.2, 0.25) is 0 Å². The number of sulfonamides is 1. The molecule has 0 aliphatic heterocycles. The van der Waals surface area contributed by atoms with Crippen molar-refractivity contribution in [2.24, 2.45) is 0 Å². The number of aryl methyl sites for hydroxylation is 1. The Morgan fingerprint density at radius 1 is 1.24 bits per heavy atom. The minimum absolute atomic E-state index is 0.0997. The van der Waals surface area contributed by atoms with Crippen LogP contribution in [0, 0.1) is 6.92 Å². The number of anilines is 2. The first-order chi connectivity index (χ1) is 9.97. The maximum absolute atomic E-state index is 12.5. The molecule has 0 radical (unpaired) electrons. The van der Waals surface area contributed by atoms with Crippen LogP contribution in [0.15, 0.2) is 41.4 Å². The summed E-state index contributed by atoms with van der Waals surface area (Å²) in [6.07, 6.45) is 1.53. The Balaban J connectivity index is 2.38. The zero-order chi connectivity index (χ0) is 15.5. The van der Waals surface area contributed by atoms with Crippen molar-refractivity contribution in [1.82, 2.24) is 4.98 Å². The van der Waals surface area contributed by atoms with Crippen LogP contribution in [0.2, 0.25) is 0 Å². The molecule has 0 fully saturated rings. The molecule has 0 atom stereocenters. The molecule has 0 amide bonds. The maximum atomic E-state index is 12.5. The average Bonchev–Trinajstić information content (AvgIpc) is 2.49. The average molecular weight is 307 g/mol. The highest BCUT2D eigenvalue weighted by atomic mass is 32.2. The quantitative estimate of drug-likeness (QED) is 0.885. The lowest BCUT2D eigenvalue weighted by Gasteiger charge is -2.13. The molecule has 7 heteroatoms. The summed E-state index contributed by atoms with van der Waals surface area (Å²) in [5.41, 5.74) is 1.27. The summed E-state index contributed by atoms with van der Waals surface area (Å²) < 4.78 is 32.6. The summed E-state index contributed by atoms with van der Waals surface area (Å²) in [6.45, 7) is 1.81. The molecule has 21 heavy (non-hydrogen) atoms. The number of aromatic nitrogens is 1. The number of nitrogens with one attached hydrogen (secondary N) is 2. The van der Waals surface area contributed by atoms with Crippen LogP contribution >= 0.6 is 0 Å². The number of rotatable bonds is 5. The predicted molar refractivity (Wildman–Crippen MR) is 82.3 cm³/mol. The van der Waals surface area contributed by atoms with E-state index in [0.717, 1.165) is 5.56 Å². The summed E-state index contributed by atoms with van der Waals surface area (Å²) in [5, 5.41) is 2.77. The van der Waals surface area contributed by atoms with E-state index < -0.39 is 10.0 Å². The minimum Gasteiger partial charge on any atom is -0.497 e. The lowest BCUT2D eigenvalue weighted by Crippen LogP contribution is -2.16. The number of hydrogen-bond acceptors (Lipinski definition) is 5. The molecule has 1 aromatic heterocycles. The molecule has 0 aliphatic carbocycles. The molecule has 2 rings (SSSR count). The third-order valence-electron chi connectivity index (χ3n) is 2.97.